The highest BCUT2D eigenvalue weighted by Crippen LogP contribution is 2.29. The number of hydrogen-bond acceptors (Lipinski definition) is 2. The molecule has 2 N–H and O–H groups in total. The standard InChI is InChI=1S/C15H19F3N2O/c16-15(17,18)12-6-4-11(5-7-12)9-14(21)20-8-2-1-3-13(20)10-19/h4-7,13H,1-3,8-10,19H2. The topological polar surface area (TPSA) is 46.3 Å². The van der Waals surface area contributed by atoms with E-state index in [9.17, 15) is 18.0 Å². The zero-order chi connectivity index (χ0) is 15.5. The van der Waals surface area contributed by atoms with E-state index in [0.717, 1.165) is 31.4 Å². The van der Waals surface area contributed by atoms with Crippen LogP contribution in [-0.4, -0.2) is 29.9 Å². The van der Waals surface area contributed by atoms with Gasteiger partial charge in [-0.05, 0) is 37.0 Å². The average Bonchev–Trinajstić information content (AvgIpc) is 2.46. The molecule has 0 spiro atoms. The first-order valence-electron chi connectivity index (χ1n) is 7.07. The van der Waals surface area contributed by atoms with E-state index < -0.39 is 11.7 Å². The Morgan fingerprint density at radius 1 is 1.24 bits per heavy atom. The van der Waals surface area contributed by atoms with Crippen LogP contribution in [0.3, 0.4) is 0 Å². The van der Waals surface area contributed by atoms with Crippen molar-refractivity contribution in [2.24, 2.45) is 5.73 Å². The first kappa shape index (κ1) is 15.8. The van der Waals surface area contributed by atoms with Crippen molar-refractivity contribution in [1.29, 1.82) is 0 Å². The molecule has 0 bridgehead atoms. The fraction of sp³-hybridized carbons (Fsp3) is 0.533. The fourth-order valence-electron chi connectivity index (χ4n) is 2.66. The third-order valence-corrected chi connectivity index (χ3v) is 3.86. The molecule has 1 aliphatic heterocycles. The van der Waals surface area contributed by atoms with E-state index in [-0.39, 0.29) is 18.4 Å². The van der Waals surface area contributed by atoms with Crippen LogP contribution in [0.2, 0.25) is 0 Å². The molecule has 2 rings (SSSR count). The maximum atomic E-state index is 12.5. The van der Waals surface area contributed by atoms with E-state index in [1.807, 2.05) is 0 Å². The number of hydrogen-bond donors (Lipinski definition) is 1. The molecule has 1 aliphatic rings. The minimum absolute atomic E-state index is 0.0562. The summed E-state index contributed by atoms with van der Waals surface area (Å²) in [6.07, 6.45) is -1.31. The number of nitrogens with zero attached hydrogens (tertiary/aromatic N) is 1. The van der Waals surface area contributed by atoms with Crippen LogP contribution in [0.5, 0.6) is 0 Å². The van der Waals surface area contributed by atoms with Gasteiger partial charge in [-0.25, -0.2) is 0 Å². The third-order valence-electron chi connectivity index (χ3n) is 3.86. The summed E-state index contributed by atoms with van der Waals surface area (Å²) in [4.78, 5) is 14.0. The van der Waals surface area contributed by atoms with Gasteiger partial charge in [-0.1, -0.05) is 12.1 Å². The van der Waals surface area contributed by atoms with E-state index in [1.54, 1.807) is 4.90 Å². The lowest BCUT2D eigenvalue weighted by molar-refractivity contribution is -0.137. The number of likely N-dealkylation sites (tertiary alicyclic amines) is 1. The van der Waals surface area contributed by atoms with Gasteiger partial charge < -0.3 is 10.6 Å². The lowest BCUT2D eigenvalue weighted by Crippen LogP contribution is -2.48. The van der Waals surface area contributed by atoms with Gasteiger partial charge in [0.05, 0.1) is 12.0 Å². The Balaban J connectivity index is 2.02. The fourth-order valence-corrected chi connectivity index (χ4v) is 2.66. The van der Waals surface area contributed by atoms with E-state index >= 15 is 0 Å². The highest BCUT2D eigenvalue weighted by atomic mass is 19.4. The smallest absolute Gasteiger partial charge is 0.338 e. The second-order valence-corrected chi connectivity index (χ2v) is 5.34. The Bertz CT molecular complexity index is 485. The predicted octanol–water partition coefficient (Wildman–Crippen LogP) is 2.59. The monoisotopic (exact) mass is 300 g/mol. The van der Waals surface area contributed by atoms with Crippen LogP contribution in [0.15, 0.2) is 24.3 Å². The molecule has 116 valence electrons. The second kappa shape index (κ2) is 6.47. The molecule has 0 saturated carbocycles. The Morgan fingerprint density at radius 2 is 1.90 bits per heavy atom. The van der Waals surface area contributed by atoms with Crippen LogP contribution in [0.1, 0.15) is 30.4 Å². The van der Waals surface area contributed by atoms with Crippen LogP contribution in [0.4, 0.5) is 13.2 Å². The van der Waals surface area contributed by atoms with Gasteiger partial charge in [0.15, 0.2) is 0 Å². The molecule has 1 atom stereocenters. The maximum absolute atomic E-state index is 12.5. The molecular formula is C15H19F3N2O. The molecule has 21 heavy (non-hydrogen) atoms. The average molecular weight is 300 g/mol. The minimum atomic E-state index is -4.35. The number of carbonyl (C=O) groups excluding carboxylic acids is 1. The van der Waals surface area contributed by atoms with Crippen molar-refractivity contribution in [2.75, 3.05) is 13.1 Å². The van der Waals surface area contributed by atoms with Crippen molar-refractivity contribution in [3.8, 4) is 0 Å². The zero-order valence-electron chi connectivity index (χ0n) is 11.7. The summed E-state index contributed by atoms with van der Waals surface area (Å²) in [6.45, 7) is 1.11. The van der Waals surface area contributed by atoms with Gasteiger partial charge in [0.2, 0.25) is 5.91 Å². The molecule has 1 unspecified atom stereocenters. The molecule has 1 fully saturated rings. The van der Waals surface area contributed by atoms with Crippen LogP contribution in [0.25, 0.3) is 0 Å². The van der Waals surface area contributed by atoms with Crippen LogP contribution < -0.4 is 5.73 Å². The highest BCUT2D eigenvalue weighted by Gasteiger charge is 2.30. The lowest BCUT2D eigenvalue weighted by atomic mass is 10.0. The van der Waals surface area contributed by atoms with E-state index in [2.05, 4.69) is 0 Å². The van der Waals surface area contributed by atoms with Crippen molar-refractivity contribution in [3.05, 3.63) is 35.4 Å². The number of benzene rings is 1. The predicted molar refractivity (Wildman–Crippen MR) is 73.6 cm³/mol. The number of alkyl halides is 3. The first-order chi connectivity index (χ1) is 9.91. The first-order valence-corrected chi connectivity index (χ1v) is 7.07. The molecule has 1 aromatic rings. The number of halogens is 3. The van der Waals surface area contributed by atoms with Crippen molar-refractivity contribution < 1.29 is 18.0 Å². The van der Waals surface area contributed by atoms with Gasteiger partial charge in [-0.2, -0.15) is 13.2 Å². The Hall–Kier alpha value is -1.56. The Labute approximate surface area is 121 Å². The van der Waals surface area contributed by atoms with E-state index in [4.69, 9.17) is 5.73 Å². The summed E-state index contributed by atoms with van der Waals surface area (Å²) in [5.74, 6) is -0.0649. The van der Waals surface area contributed by atoms with Crippen LogP contribution in [-0.2, 0) is 17.4 Å². The number of amides is 1. The van der Waals surface area contributed by atoms with Crippen molar-refractivity contribution in [2.45, 2.75) is 37.9 Å². The van der Waals surface area contributed by atoms with E-state index in [1.165, 1.54) is 12.1 Å². The summed E-state index contributed by atoms with van der Waals surface area (Å²) >= 11 is 0. The quantitative estimate of drug-likeness (QED) is 0.932. The number of rotatable bonds is 3. The minimum Gasteiger partial charge on any atom is -0.338 e. The molecule has 6 heteroatoms. The maximum Gasteiger partial charge on any atom is 0.416 e. The molecule has 0 aromatic heterocycles. The summed E-state index contributed by atoms with van der Waals surface area (Å²) in [5, 5.41) is 0. The van der Waals surface area contributed by atoms with Crippen molar-refractivity contribution >= 4 is 5.91 Å². The highest BCUT2D eigenvalue weighted by molar-refractivity contribution is 5.79. The molecule has 0 aliphatic carbocycles. The van der Waals surface area contributed by atoms with Crippen LogP contribution >= 0.6 is 0 Å². The van der Waals surface area contributed by atoms with Gasteiger partial charge >= 0.3 is 6.18 Å². The molecule has 1 aromatic carbocycles. The zero-order valence-corrected chi connectivity index (χ0v) is 11.7. The number of carbonyl (C=O) groups is 1. The van der Waals surface area contributed by atoms with E-state index in [0.29, 0.717) is 18.7 Å². The normalized spacial score (nSPS) is 19.6. The van der Waals surface area contributed by atoms with Gasteiger partial charge in [0.1, 0.15) is 0 Å². The molecular weight excluding hydrogens is 281 g/mol. The van der Waals surface area contributed by atoms with Crippen LogP contribution in [0, 0.1) is 0 Å². The molecule has 1 amide bonds. The Morgan fingerprint density at radius 3 is 2.48 bits per heavy atom. The molecule has 1 saturated heterocycles. The van der Waals surface area contributed by atoms with Crippen molar-refractivity contribution in [3.63, 3.8) is 0 Å². The van der Waals surface area contributed by atoms with Gasteiger partial charge in [-0.3, -0.25) is 4.79 Å². The number of piperidine rings is 1. The molecule has 1 heterocycles. The summed E-state index contributed by atoms with van der Waals surface area (Å²) in [7, 11) is 0. The van der Waals surface area contributed by atoms with Gasteiger partial charge in [0.25, 0.3) is 0 Å². The Kier molecular flexibility index (Phi) is 4.88. The second-order valence-electron chi connectivity index (χ2n) is 5.34. The lowest BCUT2D eigenvalue weighted by Gasteiger charge is -2.35. The van der Waals surface area contributed by atoms with Gasteiger partial charge in [0, 0.05) is 19.1 Å². The van der Waals surface area contributed by atoms with Gasteiger partial charge in [-0.15, -0.1) is 0 Å². The summed E-state index contributed by atoms with van der Waals surface area (Å²) < 4.78 is 37.4. The third kappa shape index (κ3) is 3.97. The summed E-state index contributed by atoms with van der Waals surface area (Å²) in [6, 6.07) is 4.81. The largest absolute Gasteiger partial charge is 0.416 e. The van der Waals surface area contributed by atoms with Crippen molar-refractivity contribution in [1.82, 2.24) is 4.90 Å². The summed E-state index contributed by atoms with van der Waals surface area (Å²) in [5.41, 5.74) is 5.57. The number of nitrogens with two attached hydrogens (primary N) is 1. The molecule has 3 nitrogen and oxygen atoms in total. The SMILES string of the molecule is NCC1CCCCN1C(=O)Cc1ccc(C(F)(F)F)cc1. The molecule has 0 radical (unpaired) electrons.